The molecule has 7 aromatic carbocycles. The van der Waals surface area contributed by atoms with Gasteiger partial charge in [0.25, 0.3) is 0 Å². The van der Waals surface area contributed by atoms with Crippen LogP contribution in [-0.4, -0.2) is 10.7 Å². The second-order valence-corrected chi connectivity index (χ2v) is 15.3. The van der Waals surface area contributed by atoms with Crippen LogP contribution in [0.25, 0.3) is 5.57 Å². The molecule has 0 spiro atoms. The van der Waals surface area contributed by atoms with Crippen molar-refractivity contribution in [2.75, 3.05) is 0 Å². The minimum atomic E-state index is -0.658. The minimum absolute atomic E-state index is 0.613. The van der Waals surface area contributed by atoms with E-state index in [4.69, 9.17) is 4.99 Å². The van der Waals surface area contributed by atoms with Gasteiger partial charge in [0, 0.05) is 17.0 Å². The summed E-state index contributed by atoms with van der Waals surface area (Å²) in [4.78, 5) is 9.84. The van der Waals surface area contributed by atoms with Gasteiger partial charge in [-0.25, -0.2) is 0 Å². The van der Waals surface area contributed by atoms with E-state index in [1.165, 1.54) is 55.6 Å². The van der Waals surface area contributed by atoms with Gasteiger partial charge >= 0.3 is 0 Å². The monoisotopic (exact) mass is 746 g/mol. The van der Waals surface area contributed by atoms with Crippen molar-refractivity contribution in [3.05, 3.63) is 291 Å². The third kappa shape index (κ3) is 6.19. The molecule has 1 N–H and O–H groups in total. The molecule has 9 rings (SSSR count). The van der Waals surface area contributed by atoms with Gasteiger partial charge < -0.3 is 4.98 Å². The third-order valence-electron chi connectivity index (χ3n) is 11.8. The van der Waals surface area contributed by atoms with Crippen molar-refractivity contribution in [1.82, 2.24) is 4.98 Å². The van der Waals surface area contributed by atoms with Gasteiger partial charge in [0.1, 0.15) is 0 Å². The molecule has 2 nitrogen and oxygen atoms in total. The quantitative estimate of drug-likeness (QED) is 0.135. The van der Waals surface area contributed by atoms with Crippen LogP contribution >= 0.6 is 0 Å². The van der Waals surface area contributed by atoms with Crippen LogP contribution in [0.5, 0.6) is 0 Å². The lowest BCUT2D eigenvalue weighted by atomic mass is 9.66. The number of aliphatic imine (C=N–C) groups is 1. The van der Waals surface area contributed by atoms with Gasteiger partial charge in [-0.1, -0.05) is 200 Å². The molecule has 1 aromatic heterocycles. The highest BCUT2D eigenvalue weighted by Gasteiger charge is 2.43. The van der Waals surface area contributed by atoms with E-state index in [2.05, 4.69) is 244 Å². The molecule has 1 aliphatic heterocycles. The molecule has 0 amide bonds. The molecule has 0 radical (unpaired) electrons. The zero-order chi connectivity index (χ0) is 39.5. The lowest BCUT2D eigenvalue weighted by molar-refractivity contribution is 0.720. The average Bonchev–Trinajstić information content (AvgIpc) is 3.97. The van der Waals surface area contributed by atoms with Crippen molar-refractivity contribution in [3.8, 4) is 0 Å². The fraction of sp³-hybridized carbons (Fsp3) is 0.0893. The van der Waals surface area contributed by atoms with Gasteiger partial charge in [0.2, 0.25) is 0 Å². The second kappa shape index (κ2) is 15.5. The summed E-state index contributed by atoms with van der Waals surface area (Å²) in [5.41, 5.74) is 15.8. The topological polar surface area (TPSA) is 28.1 Å². The van der Waals surface area contributed by atoms with Crippen molar-refractivity contribution in [2.24, 2.45) is 4.99 Å². The number of hydrogen-bond donors (Lipinski definition) is 1. The van der Waals surface area contributed by atoms with Crippen molar-refractivity contribution in [3.63, 3.8) is 0 Å². The van der Waals surface area contributed by atoms with E-state index in [0.29, 0.717) is 0 Å². The molecule has 8 aromatic rings. The van der Waals surface area contributed by atoms with Crippen LogP contribution in [0.4, 0.5) is 0 Å². The number of rotatable bonds is 10. The first kappa shape index (κ1) is 36.6. The van der Waals surface area contributed by atoms with Gasteiger partial charge in [-0.05, 0) is 95.1 Å². The number of nitrogens with one attached hydrogen (secondary N) is 1. The highest BCUT2D eigenvalue weighted by atomic mass is 14.8. The van der Waals surface area contributed by atoms with Crippen molar-refractivity contribution < 1.29 is 0 Å². The molecule has 280 valence electrons. The van der Waals surface area contributed by atoms with E-state index in [1.807, 2.05) is 0 Å². The number of nitrogens with zero attached hydrogens (tertiary/aromatic N) is 1. The first-order chi connectivity index (χ1) is 28.5. The van der Waals surface area contributed by atoms with Gasteiger partial charge in [0.05, 0.1) is 22.2 Å². The molecule has 1 aliphatic rings. The fourth-order valence-corrected chi connectivity index (χ4v) is 9.48. The maximum Gasteiger partial charge on any atom is 0.0874 e. The number of aromatic amines is 1. The van der Waals surface area contributed by atoms with Crippen LogP contribution in [0.3, 0.4) is 0 Å². The van der Waals surface area contributed by atoms with Gasteiger partial charge in [0.15, 0.2) is 0 Å². The Morgan fingerprint density at radius 1 is 0.414 bits per heavy atom. The predicted molar refractivity (Wildman–Crippen MR) is 242 cm³/mol. The molecule has 58 heavy (non-hydrogen) atoms. The molecule has 0 unspecified atom stereocenters. The van der Waals surface area contributed by atoms with Gasteiger partial charge in [-0.15, -0.1) is 0 Å². The standard InChI is InChI=1S/C56H46N2/c1-40-38-41(2)53(42(3)39-40)54(49-34-36-51(57-49)55(43-22-10-4-11-23-43,44-24-12-5-13-25-44)45-26-14-6-15-27-45)50-35-37-52(58-50)56(46-28-16-7-17-29-46,47-30-18-8-19-31-47)48-32-20-9-21-33-48/h4-39,57H,1-3H3/b54-50+. The van der Waals surface area contributed by atoms with Crippen LogP contribution in [0.1, 0.15) is 67.0 Å². The summed E-state index contributed by atoms with van der Waals surface area (Å²) in [6.07, 6.45) is 4.47. The minimum Gasteiger partial charge on any atom is -0.357 e. The molecule has 2 heteroatoms. The second-order valence-electron chi connectivity index (χ2n) is 15.3. The SMILES string of the molecule is Cc1cc(C)c(/C(=C2\C=CC(C(c3ccccc3)(c3ccccc3)c3ccccc3)=N2)c2ccc(C(c3ccccc3)(c3ccccc3)c3ccccc3)[nH]2)c(C)c1. The number of H-pyrrole nitrogens is 1. The van der Waals surface area contributed by atoms with E-state index in [1.54, 1.807) is 0 Å². The molecule has 0 aliphatic carbocycles. The number of allylic oxidation sites excluding steroid dienone is 2. The molecular weight excluding hydrogens is 701 g/mol. The van der Waals surface area contributed by atoms with Gasteiger partial charge in [-0.2, -0.15) is 0 Å². The molecular formula is C56H46N2. The van der Waals surface area contributed by atoms with Crippen LogP contribution in [0.15, 0.2) is 229 Å². The Labute approximate surface area is 342 Å². The highest BCUT2D eigenvalue weighted by Crippen LogP contribution is 2.47. The summed E-state index contributed by atoms with van der Waals surface area (Å²) >= 11 is 0. The van der Waals surface area contributed by atoms with Crippen LogP contribution in [-0.2, 0) is 10.8 Å². The largest absolute Gasteiger partial charge is 0.357 e. The Balaban J connectivity index is 1.34. The third-order valence-corrected chi connectivity index (χ3v) is 11.8. The summed E-state index contributed by atoms with van der Waals surface area (Å²) in [6, 6.07) is 74.3. The Kier molecular flexibility index (Phi) is 9.77. The number of aromatic nitrogens is 1. The molecule has 0 atom stereocenters. The smallest absolute Gasteiger partial charge is 0.0874 e. The van der Waals surface area contributed by atoms with Crippen molar-refractivity contribution >= 4 is 11.3 Å². The van der Waals surface area contributed by atoms with E-state index < -0.39 is 10.8 Å². The number of benzene rings is 7. The summed E-state index contributed by atoms with van der Waals surface area (Å²) < 4.78 is 0. The van der Waals surface area contributed by atoms with Crippen molar-refractivity contribution in [1.29, 1.82) is 0 Å². The van der Waals surface area contributed by atoms with Crippen molar-refractivity contribution in [2.45, 2.75) is 31.6 Å². The fourth-order valence-electron chi connectivity index (χ4n) is 9.48. The first-order valence-corrected chi connectivity index (χ1v) is 20.1. The summed E-state index contributed by atoms with van der Waals surface area (Å²) in [5, 5.41) is 0. The lowest BCUT2D eigenvalue weighted by Gasteiger charge is -2.35. The molecule has 0 saturated carbocycles. The van der Waals surface area contributed by atoms with E-state index in [-0.39, 0.29) is 0 Å². The molecule has 0 fully saturated rings. The van der Waals surface area contributed by atoms with Crippen LogP contribution in [0.2, 0.25) is 0 Å². The first-order valence-electron chi connectivity index (χ1n) is 20.1. The maximum atomic E-state index is 5.76. The number of aryl methyl sites for hydroxylation is 3. The van der Waals surface area contributed by atoms with E-state index in [9.17, 15) is 0 Å². The molecule has 0 bridgehead atoms. The summed E-state index contributed by atoms with van der Waals surface area (Å²) in [5.74, 6) is 0. The van der Waals surface area contributed by atoms with E-state index >= 15 is 0 Å². The highest BCUT2D eigenvalue weighted by molar-refractivity contribution is 6.12. The Morgan fingerprint density at radius 3 is 1.16 bits per heavy atom. The maximum absolute atomic E-state index is 5.76. The van der Waals surface area contributed by atoms with Crippen LogP contribution < -0.4 is 0 Å². The predicted octanol–water partition coefficient (Wildman–Crippen LogP) is 13.1. The average molecular weight is 747 g/mol. The normalized spacial score (nSPS) is 13.7. The summed E-state index contributed by atoms with van der Waals surface area (Å²) in [6.45, 7) is 6.64. The van der Waals surface area contributed by atoms with Crippen LogP contribution in [0, 0.1) is 20.8 Å². The van der Waals surface area contributed by atoms with Gasteiger partial charge in [-0.3, -0.25) is 4.99 Å². The molecule has 2 heterocycles. The zero-order valence-corrected chi connectivity index (χ0v) is 33.2. The Bertz CT molecular complexity index is 2540. The Hall–Kier alpha value is -7.03. The Morgan fingerprint density at radius 2 is 0.776 bits per heavy atom. The summed E-state index contributed by atoms with van der Waals surface area (Å²) in [7, 11) is 0. The molecule has 0 saturated heterocycles. The van der Waals surface area contributed by atoms with E-state index in [0.717, 1.165) is 28.4 Å². The lowest BCUT2D eigenvalue weighted by Crippen LogP contribution is -2.37. The zero-order valence-electron chi connectivity index (χ0n) is 33.2. The number of hydrogen-bond acceptors (Lipinski definition) is 1.